The maximum atomic E-state index is 11.4. The van der Waals surface area contributed by atoms with Crippen LogP contribution in [0.3, 0.4) is 0 Å². The Morgan fingerprint density at radius 1 is 1.40 bits per heavy atom. The van der Waals surface area contributed by atoms with E-state index in [2.05, 4.69) is 4.72 Å². The van der Waals surface area contributed by atoms with E-state index in [1.165, 1.54) is 0 Å². The number of sulfonamides is 1. The van der Waals surface area contributed by atoms with Crippen LogP contribution in [0.5, 0.6) is 0 Å². The van der Waals surface area contributed by atoms with Gasteiger partial charge in [0.1, 0.15) is 0 Å². The quantitative estimate of drug-likeness (QED) is 0.645. The normalized spacial score (nSPS) is 11.4. The monoisotopic (exact) mass is 379 g/mol. The maximum Gasteiger partial charge on any atom is 0.233 e. The van der Waals surface area contributed by atoms with Gasteiger partial charge in [-0.3, -0.25) is 4.72 Å². The summed E-state index contributed by atoms with van der Waals surface area (Å²) in [5.41, 5.74) is 0.519. The molecular formula is C8H8Cl2INO2S. The minimum atomic E-state index is -3.35. The summed E-state index contributed by atoms with van der Waals surface area (Å²) >= 11 is 13.1. The number of rotatable bonds is 4. The molecule has 0 aliphatic rings. The summed E-state index contributed by atoms with van der Waals surface area (Å²) in [6, 6.07) is 4.93. The van der Waals surface area contributed by atoms with E-state index >= 15 is 0 Å². The van der Waals surface area contributed by atoms with Gasteiger partial charge in [-0.25, -0.2) is 8.42 Å². The Morgan fingerprint density at radius 3 is 2.60 bits per heavy atom. The van der Waals surface area contributed by atoms with Crippen molar-refractivity contribution in [3.8, 4) is 0 Å². The fourth-order valence-electron chi connectivity index (χ4n) is 0.892. The zero-order valence-corrected chi connectivity index (χ0v) is 12.0. The first-order chi connectivity index (χ1) is 6.94. The molecule has 0 fully saturated rings. The number of nitrogens with one attached hydrogen (secondary N) is 1. The largest absolute Gasteiger partial charge is 0.282 e. The van der Waals surface area contributed by atoms with Crippen LogP contribution < -0.4 is 4.72 Å². The van der Waals surface area contributed by atoms with Gasteiger partial charge in [-0.05, 0) is 40.8 Å². The molecule has 1 rings (SSSR count). The maximum absolute atomic E-state index is 11.4. The van der Waals surface area contributed by atoms with Crippen LogP contribution in [0, 0.1) is 3.57 Å². The van der Waals surface area contributed by atoms with E-state index in [0.717, 1.165) is 3.57 Å². The first kappa shape index (κ1) is 13.3. The smallest absolute Gasteiger partial charge is 0.233 e. The van der Waals surface area contributed by atoms with Gasteiger partial charge in [0.15, 0.2) is 0 Å². The summed E-state index contributed by atoms with van der Waals surface area (Å²) in [4.78, 5) is 0. The average Bonchev–Trinajstić information content (AvgIpc) is 2.09. The lowest BCUT2D eigenvalue weighted by Crippen LogP contribution is -2.18. The van der Waals surface area contributed by atoms with Gasteiger partial charge < -0.3 is 0 Å². The Labute approximate surface area is 112 Å². The van der Waals surface area contributed by atoms with Crippen molar-refractivity contribution in [3.05, 3.63) is 26.8 Å². The van der Waals surface area contributed by atoms with E-state index in [0.29, 0.717) is 10.7 Å². The van der Waals surface area contributed by atoms with Crippen molar-refractivity contribution >= 4 is 61.5 Å². The molecule has 0 saturated heterocycles. The Hall–Kier alpha value is 0.280. The zero-order valence-electron chi connectivity index (χ0n) is 7.50. The van der Waals surface area contributed by atoms with Gasteiger partial charge >= 0.3 is 0 Å². The number of alkyl halides is 1. The summed E-state index contributed by atoms with van der Waals surface area (Å²) in [5.74, 6) is -0.0350. The molecule has 1 N–H and O–H groups in total. The molecule has 1 aromatic rings. The third-order valence-electron chi connectivity index (χ3n) is 1.54. The molecular weight excluding hydrogens is 372 g/mol. The molecule has 0 unspecified atom stereocenters. The van der Waals surface area contributed by atoms with Crippen LogP contribution in [-0.4, -0.2) is 20.1 Å². The Balaban J connectivity index is 2.90. The van der Waals surface area contributed by atoms with Gasteiger partial charge in [0.05, 0.1) is 11.4 Å². The second-order valence-corrected chi connectivity index (χ2v) is 6.55. The Kier molecular flexibility index (Phi) is 4.95. The van der Waals surface area contributed by atoms with Crippen molar-refractivity contribution < 1.29 is 8.42 Å². The second-order valence-electron chi connectivity index (χ2n) is 2.73. The lowest BCUT2D eigenvalue weighted by molar-refractivity contribution is 0.602. The number of benzene rings is 1. The second kappa shape index (κ2) is 5.56. The average molecular weight is 380 g/mol. The minimum absolute atomic E-state index is 0.0690. The fraction of sp³-hybridized carbons (Fsp3) is 0.250. The molecule has 0 saturated carbocycles. The predicted molar refractivity (Wildman–Crippen MR) is 72.3 cm³/mol. The van der Waals surface area contributed by atoms with Gasteiger partial charge in [0.25, 0.3) is 0 Å². The third kappa shape index (κ3) is 4.34. The lowest BCUT2D eigenvalue weighted by Gasteiger charge is -2.08. The molecule has 0 heterocycles. The minimum Gasteiger partial charge on any atom is -0.282 e. The molecule has 0 bridgehead atoms. The van der Waals surface area contributed by atoms with Gasteiger partial charge in [0.2, 0.25) is 10.0 Å². The van der Waals surface area contributed by atoms with Crippen molar-refractivity contribution in [2.45, 2.75) is 0 Å². The van der Waals surface area contributed by atoms with E-state index in [4.69, 9.17) is 23.2 Å². The first-order valence-electron chi connectivity index (χ1n) is 3.96. The van der Waals surface area contributed by atoms with E-state index in [-0.39, 0.29) is 11.6 Å². The first-order valence-corrected chi connectivity index (χ1v) is 7.60. The van der Waals surface area contributed by atoms with Gasteiger partial charge in [-0.15, -0.1) is 11.6 Å². The zero-order chi connectivity index (χ0) is 11.5. The van der Waals surface area contributed by atoms with Crippen LogP contribution in [0.2, 0.25) is 5.02 Å². The van der Waals surface area contributed by atoms with Gasteiger partial charge in [0, 0.05) is 14.5 Å². The van der Waals surface area contributed by atoms with Crippen molar-refractivity contribution in [2.24, 2.45) is 0 Å². The highest BCUT2D eigenvalue weighted by molar-refractivity contribution is 14.1. The molecule has 0 spiro atoms. The number of halogens is 3. The van der Waals surface area contributed by atoms with Crippen molar-refractivity contribution in [3.63, 3.8) is 0 Å². The molecule has 0 radical (unpaired) electrons. The predicted octanol–water partition coefficient (Wildman–Crippen LogP) is 2.93. The molecule has 0 atom stereocenters. The summed E-state index contributed by atoms with van der Waals surface area (Å²) < 4.78 is 26.0. The van der Waals surface area contributed by atoms with E-state index in [9.17, 15) is 8.42 Å². The highest BCUT2D eigenvalue weighted by atomic mass is 127. The van der Waals surface area contributed by atoms with Crippen LogP contribution in [0.15, 0.2) is 18.2 Å². The molecule has 0 aliphatic carbocycles. The number of hydrogen-bond donors (Lipinski definition) is 1. The van der Waals surface area contributed by atoms with Gasteiger partial charge in [-0.1, -0.05) is 11.6 Å². The van der Waals surface area contributed by atoms with Crippen molar-refractivity contribution in [2.75, 3.05) is 16.4 Å². The highest BCUT2D eigenvalue weighted by Gasteiger charge is 2.11. The molecule has 0 amide bonds. The Bertz CT molecular complexity index is 450. The highest BCUT2D eigenvalue weighted by Crippen LogP contribution is 2.23. The van der Waals surface area contributed by atoms with Crippen LogP contribution in [-0.2, 0) is 10.0 Å². The van der Waals surface area contributed by atoms with E-state index < -0.39 is 10.0 Å². The van der Waals surface area contributed by atoms with E-state index in [1.54, 1.807) is 18.2 Å². The molecule has 3 nitrogen and oxygen atoms in total. The molecule has 0 aromatic heterocycles. The Morgan fingerprint density at radius 2 is 2.07 bits per heavy atom. The SMILES string of the molecule is O=S(=O)(CCCl)Nc1ccc(Cl)cc1I. The van der Waals surface area contributed by atoms with Crippen LogP contribution in [0.1, 0.15) is 0 Å². The summed E-state index contributed by atoms with van der Waals surface area (Å²) in [6.45, 7) is 0. The van der Waals surface area contributed by atoms with Crippen LogP contribution in [0.4, 0.5) is 5.69 Å². The number of hydrogen-bond acceptors (Lipinski definition) is 2. The summed E-state index contributed by atoms with van der Waals surface area (Å²) in [5, 5.41) is 0.569. The fourth-order valence-corrected chi connectivity index (χ4v) is 3.51. The topological polar surface area (TPSA) is 46.2 Å². The molecule has 0 aliphatic heterocycles. The molecule has 1 aromatic carbocycles. The standard InChI is InChI=1S/C8H8Cl2INO2S/c9-3-4-15(13,14)12-8-2-1-6(10)5-7(8)11/h1-2,5,12H,3-4H2. The van der Waals surface area contributed by atoms with Crippen molar-refractivity contribution in [1.29, 1.82) is 0 Å². The summed E-state index contributed by atoms with van der Waals surface area (Å²) in [7, 11) is -3.35. The molecule has 15 heavy (non-hydrogen) atoms. The third-order valence-corrected chi connectivity index (χ3v) is 4.36. The number of anilines is 1. The molecule has 84 valence electrons. The van der Waals surface area contributed by atoms with Crippen LogP contribution >= 0.6 is 45.8 Å². The lowest BCUT2D eigenvalue weighted by atomic mass is 10.3. The van der Waals surface area contributed by atoms with Crippen LogP contribution in [0.25, 0.3) is 0 Å². The molecule has 7 heteroatoms. The van der Waals surface area contributed by atoms with E-state index in [1.807, 2.05) is 22.6 Å². The van der Waals surface area contributed by atoms with Crippen molar-refractivity contribution in [1.82, 2.24) is 0 Å². The van der Waals surface area contributed by atoms with Gasteiger partial charge in [-0.2, -0.15) is 0 Å². The summed E-state index contributed by atoms with van der Waals surface area (Å²) in [6.07, 6.45) is 0.